The van der Waals surface area contributed by atoms with E-state index in [1.807, 2.05) is 45.3 Å². The first-order chi connectivity index (χ1) is 10.5. The van der Waals surface area contributed by atoms with E-state index < -0.39 is 0 Å². The molecule has 0 atom stereocenters. The van der Waals surface area contributed by atoms with Crippen molar-refractivity contribution in [3.05, 3.63) is 63.9 Å². The zero-order valence-corrected chi connectivity index (χ0v) is 13.5. The zero-order valence-electron chi connectivity index (χ0n) is 13.5. The predicted octanol–water partition coefficient (Wildman–Crippen LogP) is 3.03. The van der Waals surface area contributed by atoms with E-state index in [0.717, 1.165) is 25.0 Å². The van der Waals surface area contributed by atoms with Crippen LogP contribution in [0.25, 0.3) is 0 Å². The molecule has 1 aromatic carbocycles. The van der Waals surface area contributed by atoms with Gasteiger partial charge in [-0.05, 0) is 50.8 Å². The molecule has 0 aliphatic rings. The first-order valence-corrected chi connectivity index (χ1v) is 7.66. The van der Waals surface area contributed by atoms with Crippen LogP contribution in [0.4, 0.5) is 0 Å². The van der Waals surface area contributed by atoms with Crippen LogP contribution >= 0.6 is 0 Å². The summed E-state index contributed by atoms with van der Waals surface area (Å²) in [5, 5.41) is 9.28. The second-order valence-corrected chi connectivity index (χ2v) is 5.74. The molecule has 0 spiro atoms. The van der Waals surface area contributed by atoms with Gasteiger partial charge in [-0.2, -0.15) is 0 Å². The van der Waals surface area contributed by atoms with Crippen molar-refractivity contribution >= 4 is 0 Å². The lowest BCUT2D eigenvalue weighted by molar-refractivity contribution is 0.475. The van der Waals surface area contributed by atoms with Gasteiger partial charge in [0.15, 0.2) is 0 Å². The number of hydrogen-bond acceptors (Lipinski definition) is 2. The maximum Gasteiger partial charge on any atom is 0.328 e. The van der Waals surface area contributed by atoms with Crippen molar-refractivity contribution in [2.24, 2.45) is 7.05 Å². The van der Waals surface area contributed by atoms with E-state index in [1.54, 1.807) is 21.3 Å². The van der Waals surface area contributed by atoms with Crippen LogP contribution in [0, 0.1) is 0 Å². The fourth-order valence-corrected chi connectivity index (χ4v) is 2.48. The third-order valence-electron chi connectivity index (χ3n) is 4.02. The van der Waals surface area contributed by atoms with E-state index in [1.165, 1.54) is 11.1 Å². The summed E-state index contributed by atoms with van der Waals surface area (Å²) in [5.74, 6) is 0.294. The Morgan fingerprint density at radius 3 is 2.55 bits per heavy atom. The minimum Gasteiger partial charge on any atom is -0.508 e. The normalized spacial score (nSPS) is 11.9. The third kappa shape index (κ3) is 3.91. The highest BCUT2D eigenvalue weighted by molar-refractivity contribution is 5.26. The van der Waals surface area contributed by atoms with Gasteiger partial charge in [-0.15, -0.1) is 0 Å². The van der Waals surface area contributed by atoms with Crippen molar-refractivity contribution in [3.63, 3.8) is 0 Å². The number of rotatable bonds is 6. The van der Waals surface area contributed by atoms with E-state index >= 15 is 0 Å². The number of imidazole rings is 1. The highest BCUT2D eigenvalue weighted by atomic mass is 16.3. The van der Waals surface area contributed by atoms with Crippen molar-refractivity contribution in [2.75, 3.05) is 0 Å². The summed E-state index contributed by atoms with van der Waals surface area (Å²) in [6.45, 7) is 4.67. The largest absolute Gasteiger partial charge is 0.508 e. The summed E-state index contributed by atoms with van der Waals surface area (Å²) in [6.07, 6.45) is 6.78. The van der Waals surface area contributed by atoms with Crippen LogP contribution in [0.2, 0.25) is 0 Å². The number of phenols is 1. The minimum atomic E-state index is 0.0424. The Balaban J connectivity index is 1.99. The fraction of sp³-hybridized carbons (Fsp3) is 0.389. The van der Waals surface area contributed by atoms with Gasteiger partial charge >= 0.3 is 5.69 Å². The molecule has 4 nitrogen and oxygen atoms in total. The standard InChI is InChI=1S/C18H24N2O2/c1-4-14(2)12-20-13-16(19(3)18(20)22)7-5-6-15-8-10-17(21)11-9-15/h4,8-11,13,21H,5-7,12H2,1-3H3/b14-4+. The Bertz CT molecular complexity index is 706. The van der Waals surface area contributed by atoms with E-state index in [0.29, 0.717) is 12.3 Å². The monoisotopic (exact) mass is 300 g/mol. The topological polar surface area (TPSA) is 47.2 Å². The van der Waals surface area contributed by atoms with Crippen LogP contribution in [0.15, 0.2) is 46.9 Å². The molecule has 118 valence electrons. The van der Waals surface area contributed by atoms with E-state index in [4.69, 9.17) is 0 Å². The van der Waals surface area contributed by atoms with Gasteiger partial charge in [0.2, 0.25) is 0 Å². The number of aromatic nitrogens is 2. The van der Waals surface area contributed by atoms with Crippen molar-refractivity contribution in [2.45, 2.75) is 39.7 Å². The minimum absolute atomic E-state index is 0.0424. The average Bonchev–Trinajstić information content (AvgIpc) is 2.77. The molecule has 0 bridgehead atoms. The van der Waals surface area contributed by atoms with Gasteiger partial charge in [0.1, 0.15) is 5.75 Å². The van der Waals surface area contributed by atoms with Crippen molar-refractivity contribution < 1.29 is 5.11 Å². The summed E-state index contributed by atoms with van der Waals surface area (Å²) in [7, 11) is 1.83. The van der Waals surface area contributed by atoms with E-state index in [9.17, 15) is 9.90 Å². The van der Waals surface area contributed by atoms with Gasteiger partial charge in [-0.25, -0.2) is 4.79 Å². The SMILES string of the molecule is C/C=C(\C)Cn1cc(CCCc2ccc(O)cc2)n(C)c1=O. The maximum atomic E-state index is 12.2. The molecule has 0 amide bonds. The number of hydrogen-bond donors (Lipinski definition) is 1. The Morgan fingerprint density at radius 1 is 1.23 bits per heavy atom. The van der Waals surface area contributed by atoms with Crippen molar-refractivity contribution in [1.29, 1.82) is 0 Å². The summed E-state index contributed by atoms with van der Waals surface area (Å²) in [5.41, 5.74) is 3.49. The van der Waals surface area contributed by atoms with Gasteiger partial charge in [0.05, 0.1) is 0 Å². The Kier molecular flexibility index (Phi) is 5.26. The molecule has 0 saturated heterocycles. The van der Waals surface area contributed by atoms with Crippen LogP contribution in [0.1, 0.15) is 31.5 Å². The number of aryl methyl sites for hydroxylation is 2. The molecular formula is C18H24N2O2. The molecule has 4 heteroatoms. The van der Waals surface area contributed by atoms with Gasteiger partial charge < -0.3 is 5.11 Å². The molecule has 1 heterocycles. The summed E-state index contributed by atoms with van der Waals surface area (Å²) < 4.78 is 3.50. The molecule has 0 aliphatic heterocycles. The van der Waals surface area contributed by atoms with Crippen LogP contribution in [-0.4, -0.2) is 14.2 Å². The van der Waals surface area contributed by atoms with Crippen LogP contribution in [0.3, 0.4) is 0 Å². The third-order valence-corrected chi connectivity index (χ3v) is 4.02. The van der Waals surface area contributed by atoms with Gasteiger partial charge in [0.25, 0.3) is 0 Å². The number of allylic oxidation sites excluding steroid dienone is 2. The van der Waals surface area contributed by atoms with Gasteiger partial charge in [0, 0.05) is 25.5 Å². The number of nitrogens with zero attached hydrogens (tertiary/aromatic N) is 2. The van der Waals surface area contributed by atoms with Crippen molar-refractivity contribution in [1.82, 2.24) is 9.13 Å². The van der Waals surface area contributed by atoms with Crippen LogP contribution < -0.4 is 5.69 Å². The highest BCUT2D eigenvalue weighted by Gasteiger charge is 2.08. The second-order valence-electron chi connectivity index (χ2n) is 5.74. The molecule has 2 rings (SSSR count). The molecule has 1 N–H and O–H groups in total. The lowest BCUT2D eigenvalue weighted by Crippen LogP contribution is -2.23. The molecule has 0 saturated carbocycles. The summed E-state index contributed by atoms with van der Waals surface area (Å²) >= 11 is 0. The second kappa shape index (κ2) is 7.16. The molecule has 0 unspecified atom stereocenters. The zero-order chi connectivity index (χ0) is 16.1. The van der Waals surface area contributed by atoms with E-state index in [2.05, 4.69) is 0 Å². The van der Waals surface area contributed by atoms with Gasteiger partial charge in [-0.1, -0.05) is 23.8 Å². The number of phenolic OH excluding ortho intramolecular Hbond substituents is 1. The van der Waals surface area contributed by atoms with Crippen LogP contribution in [0.5, 0.6) is 5.75 Å². The number of aromatic hydroxyl groups is 1. The Labute approximate surface area is 131 Å². The average molecular weight is 300 g/mol. The number of benzene rings is 1. The smallest absolute Gasteiger partial charge is 0.328 e. The lowest BCUT2D eigenvalue weighted by atomic mass is 10.1. The molecule has 0 fully saturated rings. The Morgan fingerprint density at radius 2 is 1.91 bits per heavy atom. The Hall–Kier alpha value is -2.23. The quantitative estimate of drug-likeness (QED) is 0.834. The van der Waals surface area contributed by atoms with Gasteiger partial charge in [-0.3, -0.25) is 9.13 Å². The first-order valence-electron chi connectivity index (χ1n) is 7.66. The molecule has 0 radical (unpaired) electrons. The fourth-order valence-electron chi connectivity index (χ4n) is 2.48. The maximum absolute atomic E-state index is 12.2. The predicted molar refractivity (Wildman–Crippen MR) is 89.2 cm³/mol. The molecule has 2 aromatic rings. The lowest BCUT2D eigenvalue weighted by Gasteiger charge is -2.02. The van der Waals surface area contributed by atoms with E-state index in [-0.39, 0.29) is 5.69 Å². The highest BCUT2D eigenvalue weighted by Crippen LogP contribution is 2.12. The van der Waals surface area contributed by atoms with Crippen LogP contribution in [-0.2, 0) is 26.4 Å². The van der Waals surface area contributed by atoms with Crippen molar-refractivity contribution in [3.8, 4) is 5.75 Å². The molecule has 0 aliphatic carbocycles. The summed E-state index contributed by atoms with van der Waals surface area (Å²) in [4.78, 5) is 12.2. The summed E-state index contributed by atoms with van der Waals surface area (Å²) in [6, 6.07) is 7.30. The molecule has 22 heavy (non-hydrogen) atoms. The first kappa shape index (κ1) is 16.1. The molecular weight excluding hydrogens is 276 g/mol. The molecule has 1 aromatic heterocycles.